The Bertz CT molecular complexity index is 1270. The Morgan fingerprint density at radius 1 is 0.930 bits per heavy atom. The fraction of sp³-hybridized carbons (Fsp3) is 0.452. The quantitative estimate of drug-likeness (QED) is 0.211. The van der Waals surface area contributed by atoms with Crippen molar-refractivity contribution >= 4 is 29.5 Å². The maximum Gasteiger partial charge on any atom is 0.325 e. The molecule has 0 unspecified atom stereocenters. The lowest BCUT2D eigenvalue weighted by molar-refractivity contribution is -0.146. The number of esters is 1. The molecule has 0 aromatic heterocycles. The molecule has 232 valence electrons. The van der Waals surface area contributed by atoms with Crippen LogP contribution in [0.5, 0.6) is 0 Å². The van der Waals surface area contributed by atoms with E-state index in [0.717, 1.165) is 55.9 Å². The van der Waals surface area contributed by atoms with Crippen molar-refractivity contribution in [2.75, 3.05) is 19.8 Å². The second kappa shape index (κ2) is 17.1. The molecule has 1 aliphatic carbocycles. The van der Waals surface area contributed by atoms with Gasteiger partial charge >= 0.3 is 5.97 Å². The fourth-order valence-corrected chi connectivity index (χ4v) is 4.83. The number of ether oxygens (including phenoxy) is 2. The lowest BCUT2D eigenvalue weighted by Crippen LogP contribution is -2.56. The molecule has 2 aromatic carbocycles. The number of halogens is 2. The van der Waals surface area contributed by atoms with Crippen LogP contribution in [0.25, 0.3) is 0 Å². The summed E-state index contributed by atoms with van der Waals surface area (Å²) in [5.74, 6) is -6.48. The molecule has 0 heterocycles. The third kappa shape index (κ3) is 10.9. The number of amides is 3. The number of ketones is 1. The lowest BCUT2D eigenvalue weighted by Gasteiger charge is -2.28. The first-order valence-corrected chi connectivity index (χ1v) is 14.3. The summed E-state index contributed by atoms with van der Waals surface area (Å²) in [7, 11) is 0. The summed E-state index contributed by atoms with van der Waals surface area (Å²) in [5.41, 5.74) is 0.213. The van der Waals surface area contributed by atoms with E-state index in [9.17, 15) is 32.8 Å². The molecule has 0 saturated heterocycles. The smallest absolute Gasteiger partial charge is 0.325 e. The molecule has 0 spiro atoms. The highest BCUT2D eigenvalue weighted by atomic mass is 19.1. The Morgan fingerprint density at radius 3 is 2.35 bits per heavy atom. The minimum absolute atomic E-state index is 0.0681. The van der Waals surface area contributed by atoms with Crippen LogP contribution in [0.4, 0.5) is 8.78 Å². The molecule has 0 aliphatic heterocycles. The first-order chi connectivity index (χ1) is 20.7. The van der Waals surface area contributed by atoms with Crippen LogP contribution < -0.4 is 16.0 Å². The third-order valence-corrected chi connectivity index (χ3v) is 7.04. The van der Waals surface area contributed by atoms with E-state index in [1.54, 1.807) is 31.2 Å². The second-order valence-electron chi connectivity index (χ2n) is 10.3. The van der Waals surface area contributed by atoms with Gasteiger partial charge in [0, 0.05) is 0 Å². The van der Waals surface area contributed by atoms with Crippen LogP contribution in [0.1, 0.15) is 61.4 Å². The van der Waals surface area contributed by atoms with E-state index in [1.165, 1.54) is 0 Å². The van der Waals surface area contributed by atoms with Crippen LogP contribution in [0.15, 0.2) is 48.5 Å². The zero-order valence-electron chi connectivity index (χ0n) is 24.0. The van der Waals surface area contributed by atoms with Crippen LogP contribution in [-0.4, -0.2) is 61.3 Å². The number of Topliss-reactive ketones (excluding diaryl/α,β-unsaturated/α-hetero) is 1. The third-order valence-electron chi connectivity index (χ3n) is 7.04. The molecule has 2 aromatic rings. The largest absolute Gasteiger partial charge is 0.465 e. The summed E-state index contributed by atoms with van der Waals surface area (Å²) in [6.07, 6.45) is 4.75. The molecule has 0 bridgehead atoms. The molecule has 1 saturated carbocycles. The number of nitrogens with one attached hydrogen (secondary N) is 3. The van der Waals surface area contributed by atoms with Gasteiger partial charge in [0.15, 0.2) is 0 Å². The van der Waals surface area contributed by atoms with Crippen LogP contribution >= 0.6 is 0 Å². The summed E-state index contributed by atoms with van der Waals surface area (Å²) in [5, 5.41) is 7.15. The number of benzene rings is 2. The Morgan fingerprint density at radius 2 is 1.65 bits per heavy atom. The van der Waals surface area contributed by atoms with Gasteiger partial charge in [-0.05, 0) is 43.0 Å². The highest BCUT2D eigenvalue weighted by Gasteiger charge is 2.33. The number of hydrogen-bond donors (Lipinski definition) is 3. The Kier molecular flexibility index (Phi) is 13.2. The van der Waals surface area contributed by atoms with E-state index in [0.29, 0.717) is 0 Å². The molecule has 43 heavy (non-hydrogen) atoms. The highest BCUT2D eigenvalue weighted by Crippen LogP contribution is 2.27. The first kappa shape index (κ1) is 33.3. The predicted octanol–water partition coefficient (Wildman–Crippen LogP) is 2.98. The minimum atomic E-state index is -1.48. The van der Waals surface area contributed by atoms with E-state index in [-0.39, 0.29) is 25.6 Å². The van der Waals surface area contributed by atoms with Gasteiger partial charge in [0.25, 0.3) is 11.8 Å². The summed E-state index contributed by atoms with van der Waals surface area (Å²) in [6.45, 7) is 0.804. The predicted molar refractivity (Wildman–Crippen MR) is 151 cm³/mol. The van der Waals surface area contributed by atoms with Gasteiger partial charge in [-0.3, -0.25) is 24.0 Å². The SMILES string of the molecule is CCOC(=O)CNC(=O)C(=O)[C@H](COCc1ccccc1)NC(=O)[C@H](CC1CCCCC1)NC(=O)c1cc(F)ccc1F. The van der Waals surface area contributed by atoms with Gasteiger partial charge in [-0.15, -0.1) is 0 Å². The standard InChI is InChI=1S/C31H37F2N3O7/c1-2-43-27(37)17-34-31(41)28(38)26(19-42-18-21-11-7-4-8-12-21)36-30(40)25(15-20-9-5-3-6-10-20)35-29(39)23-16-22(32)13-14-24(23)33/h4,7-8,11-14,16,20,25-26H,2-3,5-6,9-10,15,17-19H2,1H3,(H,34,41)(H,35,39)(H,36,40)/t25-,26-/m0/s1. The van der Waals surface area contributed by atoms with Gasteiger partial charge in [-0.1, -0.05) is 62.4 Å². The lowest BCUT2D eigenvalue weighted by atomic mass is 9.84. The van der Waals surface area contributed by atoms with E-state index >= 15 is 0 Å². The molecule has 0 radical (unpaired) electrons. The van der Waals surface area contributed by atoms with Crippen molar-refractivity contribution in [1.29, 1.82) is 0 Å². The summed E-state index contributed by atoms with van der Waals surface area (Å²) in [6, 6.07) is 8.73. The average Bonchev–Trinajstić information content (AvgIpc) is 3.01. The Hall–Kier alpha value is -4.19. The van der Waals surface area contributed by atoms with Gasteiger partial charge in [0.05, 0.1) is 25.4 Å². The van der Waals surface area contributed by atoms with Crippen molar-refractivity contribution in [2.45, 2.75) is 64.1 Å². The number of carbonyl (C=O) groups excluding carboxylic acids is 5. The second-order valence-corrected chi connectivity index (χ2v) is 10.3. The van der Waals surface area contributed by atoms with E-state index in [1.807, 2.05) is 6.07 Å². The zero-order chi connectivity index (χ0) is 31.2. The summed E-state index contributed by atoms with van der Waals surface area (Å²) >= 11 is 0. The van der Waals surface area contributed by atoms with Crippen LogP contribution in [0.2, 0.25) is 0 Å². The van der Waals surface area contributed by atoms with Crippen molar-refractivity contribution in [3.05, 3.63) is 71.3 Å². The number of rotatable bonds is 15. The van der Waals surface area contributed by atoms with Crippen LogP contribution in [0, 0.1) is 17.6 Å². The van der Waals surface area contributed by atoms with Crippen molar-refractivity contribution in [1.82, 2.24) is 16.0 Å². The van der Waals surface area contributed by atoms with Crippen molar-refractivity contribution in [3.63, 3.8) is 0 Å². The zero-order valence-corrected chi connectivity index (χ0v) is 24.0. The van der Waals surface area contributed by atoms with Crippen LogP contribution in [0.3, 0.4) is 0 Å². The summed E-state index contributed by atoms with van der Waals surface area (Å²) in [4.78, 5) is 63.8. The van der Waals surface area contributed by atoms with Gasteiger partial charge in [0.1, 0.15) is 30.3 Å². The fourth-order valence-electron chi connectivity index (χ4n) is 4.83. The molecule has 3 N–H and O–H groups in total. The first-order valence-electron chi connectivity index (χ1n) is 14.3. The molecule has 3 rings (SSSR count). The Labute approximate surface area is 248 Å². The van der Waals surface area contributed by atoms with Gasteiger partial charge in [-0.25, -0.2) is 8.78 Å². The maximum absolute atomic E-state index is 14.3. The van der Waals surface area contributed by atoms with Crippen molar-refractivity contribution in [3.8, 4) is 0 Å². The molecule has 12 heteroatoms. The molecule has 10 nitrogen and oxygen atoms in total. The average molecular weight is 602 g/mol. The molecular formula is C31H37F2N3O7. The normalized spacial score (nSPS) is 14.7. The van der Waals surface area contributed by atoms with Gasteiger partial charge in [0.2, 0.25) is 11.7 Å². The monoisotopic (exact) mass is 601 g/mol. The maximum atomic E-state index is 14.3. The van der Waals surface area contributed by atoms with Gasteiger partial charge < -0.3 is 25.4 Å². The Balaban J connectivity index is 1.77. The minimum Gasteiger partial charge on any atom is -0.465 e. The highest BCUT2D eigenvalue weighted by molar-refractivity contribution is 6.38. The number of hydrogen-bond acceptors (Lipinski definition) is 7. The number of carbonyl (C=O) groups is 5. The van der Waals surface area contributed by atoms with Gasteiger partial charge in [-0.2, -0.15) is 0 Å². The topological polar surface area (TPSA) is 140 Å². The van der Waals surface area contributed by atoms with E-state index < -0.39 is 71.9 Å². The molecular weight excluding hydrogens is 564 g/mol. The molecule has 1 fully saturated rings. The molecule has 3 amide bonds. The van der Waals surface area contributed by atoms with E-state index in [4.69, 9.17) is 9.47 Å². The molecule has 1 aliphatic rings. The summed E-state index contributed by atoms with van der Waals surface area (Å²) < 4.78 is 38.5. The molecule has 2 atom stereocenters. The van der Waals surface area contributed by atoms with Crippen molar-refractivity contribution in [2.24, 2.45) is 5.92 Å². The van der Waals surface area contributed by atoms with E-state index in [2.05, 4.69) is 16.0 Å². The van der Waals surface area contributed by atoms with Crippen molar-refractivity contribution < 1.29 is 42.2 Å². The van der Waals surface area contributed by atoms with Crippen LogP contribution in [-0.2, 0) is 35.3 Å².